The highest BCUT2D eigenvalue weighted by molar-refractivity contribution is 5.69. The number of carboxylic acids is 1. The molecule has 0 aliphatic rings. The van der Waals surface area contributed by atoms with Gasteiger partial charge in [0.25, 0.3) is 0 Å². The summed E-state index contributed by atoms with van der Waals surface area (Å²) in [6.07, 6.45) is 0.563. The Bertz CT molecular complexity index is 111. The van der Waals surface area contributed by atoms with Crippen LogP contribution in [0.25, 0.3) is 0 Å². The molecule has 3 nitrogen and oxygen atoms in total. The van der Waals surface area contributed by atoms with Gasteiger partial charge in [0.1, 0.15) is 0 Å². The van der Waals surface area contributed by atoms with Gasteiger partial charge in [-0.1, -0.05) is 13.8 Å². The third-order valence-corrected chi connectivity index (χ3v) is 1.83. The van der Waals surface area contributed by atoms with Crippen LogP contribution in [0, 0.1) is 11.8 Å². The molecular formula is C7H14O3. The van der Waals surface area contributed by atoms with E-state index < -0.39 is 5.97 Å². The highest BCUT2D eigenvalue weighted by Crippen LogP contribution is 2.13. The van der Waals surface area contributed by atoms with E-state index in [1.165, 1.54) is 0 Å². The second kappa shape index (κ2) is 4.28. The molecule has 0 bridgehead atoms. The second-order valence-electron chi connectivity index (χ2n) is 2.62. The van der Waals surface area contributed by atoms with Crippen LogP contribution in [-0.4, -0.2) is 22.8 Å². The fourth-order valence-corrected chi connectivity index (χ4v) is 0.697. The van der Waals surface area contributed by atoms with Gasteiger partial charge in [0.2, 0.25) is 0 Å². The minimum Gasteiger partial charge on any atom is -0.481 e. The minimum absolute atomic E-state index is 0.0579. The first kappa shape index (κ1) is 9.43. The fraction of sp³-hybridized carbons (Fsp3) is 0.857. The number of hydrogen-bond donors (Lipinski definition) is 2. The summed E-state index contributed by atoms with van der Waals surface area (Å²) in [5, 5.41) is 17.0. The lowest BCUT2D eigenvalue weighted by Crippen LogP contribution is -2.18. The van der Waals surface area contributed by atoms with Gasteiger partial charge >= 0.3 is 5.97 Å². The van der Waals surface area contributed by atoms with Crippen molar-refractivity contribution >= 4 is 5.97 Å². The number of carbonyl (C=O) groups is 1. The van der Waals surface area contributed by atoms with E-state index in [4.69, 9.17) is 10.2 Å². The maximum absolute atomic E-state index is 10.3. The van der Waals surface area contributed by atoms with Gasteiger partial charge in [-0.3, -0.25) is 4.79 Å². The predicted molar refractivity (Wildman–Crippen MR) is 37.7 cm³/mol. The van der Waals surface area contributed by atoms with Crippen LogP contribution in [0.15, 0.2) is 0 Å². The van der Waals surface area contributed by atoms with Crippen molar-refractivity contribution in [3.63, 3.8) is 0 Å². The number of hydrogen-bond acceptors (Lipinski definition) is 2. The standard InChI is InChI=1S/C7H14O3/c1-5(3-4-8)6(2)7(9)10/h5-6,8H,3-4H2,1-2H3,(H,9,10). The molecule has 60 valence electrons. The van der Waals surface area contributed by atoms with E-state index in [1.54, 1.807) is 6.92 Å². The Morgan fingerprint density at radius 2 is 2.00 bits per heavy atom. The Morgan fingerprint density at radius 1 is 1.50 bits per heavy atom. The average Bonchev–Trinajstić information content (AvgIpc) is 1.87. The molecule has 0 radical (unpaired) electrons. The van der Waals surface area contributed by atoms with Crippen LogP contribution in [-0.2, 0) is 4.79 Å². The van der Waals surface area contributed by atoms with Crippen LogP contribution < -0.4 is 0 Å². The van der Waals surface area contributed by atoms with Gasteiger partial charge in [0, 0.05) is 6.61 Å². The lowest BCUT2D eigenvalue weighted by molar-refractivity contribution is -0.142. The zero-order valence-corrected chi connectivity index (χ0v) is 6.37. The molecule has 0 spiro atoms. The molecule has 3 heteroatoms. The summed E-state index contributed by atoms with van der Waals surface area (Å²) in [5.41, 5.74) is 0. The molecule has 0 saturated carbocycles. The quantitative estimate of drug-likeness (QED) is 0.614. The molecule has 0 aromatic heterocycles. The van der Waals surface area contributed by atoms with Crippen LogP contribution in [0.3, 0.4) is 0 Å². The van der Waals surface area contributed by atoms with Crippen molar-refractivity contribution in [2.45, 2.75) is 20.3 Å². The van der Waals surface area contributed by atoms with Crippen LogP contribution in [0.4, 0.5) is 0 Å². The van der Waals surface area contributed by atoms with Gasteiger partial charge in [-0.2, -0.15) is 0 Å². The van der Waals surface area contributed by atoms with Crippen molar-refractivity contribution < 1.29 is 15.0 Å². The maximum Gasteiger partial charge on any atom is 0.306 e. The van der Waals surface area contributed by atoms with Crippen LogP contribution in [0.2, 0.25) is 0 Å². The van der Waals surface area contributed by atoms with Gasteiger partial charge in [-0.25, -0.2) is 0 Å². The highest BCUT2D eigenvalue weighted by Gasteiger charge is 2.17. The molecular weight excluding hydrogens is 132 g/mol. The number of carboxylic acid groups (broad SMARTS) is 1. The first-order chi connectivity index (χ1) is 4.59. The molecule has 2 unspecified atom stereocenters. The Morgan fingerprint density at radius 3 is 2.30 bits per heavy atom. The predicted octanol–water partition coefficient (Wildman–Crippen LogP) is 0.726. The largest absolute Gasteiger partial charge is 0.481 e. The maximum atomic E-state index is 10.3. The van der Waals surface area contributed by atoms with Crippen LogP contribution >= 0.6 is 0 Å². The second-order valence-corrected chi connectivity index (χ2v) is 2.62. The van der Waals surface area contributed by atoms with Gasteiger partial charge in [-0.05, 0) is 12.3 Å². The lowest BCUT2D eigenvalue weighted by atomic mass is 9.93. The molecule has 0 rings (SSSR count). The van der Waals surface area contributed by atoms with Crippen LogP contribution in [0.1, 0.15) is 20.3 Å². The summed E-state index contributed by atoms with van der Waals surface area (Å²) in [6, 6.07) is 0. The average molecular weight is 146 g/mol. The Balaban J connectivity index is 3.69. The van der Waals surface area contributed by atoms with Gasteiger partial charge < -0.3 is 10.2 Å². The summed E-state index contributed by atoms with van der Waals surface area (Å²) in [5.74, 6) is -1.09. The van der Waals surface area contributed by atoms with Crippen molar-refractivity contribution in [2.24, 2.45) is 11.8 Å². The number of aliphatic carboxylic acids is 1. The van der Waals surface area contributed by atoms with Crippen LogP contribution in [0.5, 0.6) is 0 Å². The van der Waals surface area contributed by atoms with Gasteiger partial charge in [0.05, 0.1) is 5.92 Å². The zero-order chi connectivity index (χ0) is 8.15. The molecule has 0 heterocycles. The molecule has 0 saturated heterocycles. The summed E-state index contributed by atoms with van der Waals surface area (Å²) < 4.78 is 0. The molecule has 0 fully saturated rings. The number of aliphatic hydroxyl groups is 1. The number of rotatable bonds is 4. The molecule has 0 amide bonds. The van der Waals surface area contributed by atoms with Gasteiger partial charge in [0.15, 0.2) is 0 Å². The van der Waals surface area contributed by atoms with E-state index in [2.05, 4.69) is 0 Å². The lowest BCUT2D eigenvalue weighted by Gasteiger charge is -2.13. The summed E-state index contributed by atoms with van der Waals surface area (Å²) >= 11 is 0. The SMILES string of the molecule is CC(CCO)C(C)C(=O)O. The molecule has 2 N–H and O–H groups in total. The van der Waals surface area contributed by atoms with E-state index >= 15 is 0 Å². The zero-order valence-electron chi connectivity index (χ0n) is 6.37. The Kier molecular flexibility index (Phi) is 4.03. The fourth-order valence-electron chi connectivity index (χ4n) is 0.697. The third-order valence-electron chi connectivity index (χ3n) is 1.83. The number of aliphatic hydroxyl groups excluding tert-OH is 1. The first-order valence-electron chi connectivity index (χ1n) is 3.43. The molecule has 0 aromatic rings. The first-order valence-corrected chi connectivity index (χ1v) is 3.43. The van der Waals surface area contributed by atoms with Crippen molar-refractivity contribution in [3.8, 4) is 0 Å². The Labute approximate surface area is 60.7 Å². The van der Waals surface area contributed by atoms with Crippen molar-refractivity contribution in [2.75, 3.05) is 6.61 Å². The van der Waals surface area contributed by atoms with Crippen molar-refractivity contribution in [1.29, 1.82) is 0 Å². The topological polar surface area (TPSA) is 57.5 Å². The molecule has 2 atom stereocenters. The smallest absolute Gasteiger partial charge is 0.306 e. The summed E-state index contributed by atoms with van der Waals surface area (Å²) in [4.78, 5) is 10.3. The van der Waals surface area contributed by atoms with E-state index in [9.17, 15) is 4.79 Å². The van der Waals surface area contributed by atoms with E-state index in [0.29, 0.717) is 6.42 Å². The highest BCUT2D eigenvalue weighted by atomic mass is 16.4. The molecule has 10 heavy (non-hydrogen) atoms. The van der Waals surface area contributed by atoms with Crippen molar-refractivity contribution in [3.05, 3.63) is 0 Å². The monoisotopic (exact) mass is 146 g/mol. The van der Waals surface area contributed by atoms with E-state index in [1.807, 2.05) is 6.92 Å². The summed E-state index contributed by atoms with van der Waals surface area (Å²) in [7, 11) is 0. The molecule has 0 aromatic carbocycles. The Hall–Kier alpha value is -0.570. The van der Waals surface area contributed by atoms with Crippen molar-refractivity contribution in [1.82, 2.24) is 0 Å². The third kappa shape index (κ3) is 2.82. The van der Waals surface area contributed by atoms with E-state index in [-0.39, 0.29) is 18.4 Å². The molecule has 0 aliphatic carbocycles. The van der Waals surface area contributed by atoms with Gasteiger partial charge in [-0.15, -0.1) is 0 Å². The molecule has 0 aliphatic heterocycles. The van der Waals surface area contributed by atoms with E-state index in [0.717, 1.165) is 0 Å². The minimum atomic E-state index is -0.791. The summed E-state index contributed by atoms with van der Waals surface area (Å²) in [6.45, 7) is 3.55. The normalized spacial score (nSPS) is 16.3.